The molecule has 1 heterocycles. The second kappa shape index (κ2) is 6.94. The van der Waals surface area contributed by atoms with Crippen LogP contribution < -0.4 is 5.32 Å². The van der Waals surface area contributed by atoms with Crippen LogP contribution in [-0.4, -0.2) is 23.3 Å². The molecule has 26 heavy (non-hydrogen) atoms. The predicted octanol–water partition coefficient (Wildman–Crippen LogP) is 3.65. The van der Waals surface area contributed by atoms with Crippen molar-refractivity contribution in [2.45, 2.75) is 45.1 Å². The van der Waals surface area contributed by atoms with Gasteiger partial charge in [0.05, 0.1) is 5.92 Å². The van der Waals surface area contributed by atoms with Gasteiger partial charge in [-0.25, -0.2) is 0 Å². The van der Waals surface area contributed by atoms with Crippen LogP contribution in [0.25, 0.3) is 0 Å². The van der Waals surface area contributed by atoms with Gasteiger partial charge in [0.25, 0.3) is 0 Å². The number of amides is 2. The summed E-state index contributed by atoms with van der Waals surface area (Å²) in [5.41, 5.74) is 5.71. The Hall–Kier alpha value is -2.62. The van der Waals surface area contributed by atoms with Gasteiger partial charge >= 0.3 is 0 Å². The molecule has 4 heteroatoms. The van der Waals surface area contributed by atoms with Gasteiger partial charge in [0.15, 0.2) is 0 Å². The second-order valence-corrected chi connectivity index (χ2v) is 7.28. The highest BCUT2D eigenvalue weighted by atomic mass is 16.2. The van der Waals surface area contributed by atoms with Crippen molar-refractivity contribution in [1.82, 2.24) is 4.90 Å². The van der Waals surface area contributed by atoms with Crippen molar-refractivity contribution in [2.24, 2.45) is 0 Å². The maximum atomic E-state index is 13.2. The van der Waals surface area contributed by atoms with Gasteiger partial charge in [0, 0.05) is 25.7 Å². The molecule has 0 saturated carbocycles. The molecule has 1 aliphatic carbocycles. The Morgan fingerprint density at radius 2 is 1.85 bits per heavy atom. The van der Waals surface area contributed by atoms with E-state index in [1.165, 1.54) is 18.1 Å². The van der Waals surface area contributed by atoms with Gasteiger partial charge in [-0.05, 0) is 54.0 Å². The van der Waals surface area contributed by atoms with E-state index in [0.717, 1.165) is 42.5 Å². The molecule has 0 spiro atoms. The molecule has 4 rings (SSSR count). The summed E-state index contributed by atoms with van der Waals surface area (Å²) in [6, 6.07) is 14.3. The number of nitrogens with zero attached hydrogens (tertiary/aromatic N) is 1. The minimum Gasteiger partial charge on any atom is -0.337 e. The third kappa shape index (κ3) is 3.12. The Morgan fingerprint density at radius 3 is 2.69 bits per heavy atom. The summed E-state index contributed by atoms with van der Waals surface area (Å²) in [7, 11) is 0. The van der Waals surface area contributed by atoms with Gasteiger partial charge in [-0.15, -0.1) is 0 Å². The zero-order valence-electron chi connectivity index (χ0n) is 15.1. The van der Waals surface area contributed by atoms with E-state index in [1.807, 2.05) is 23.1 Å². The third-order valence-corrected chi connectivity index (χ3v) is 5.56. The van der Waals surface area contributed by atoms with E-state index in [-0.39, 0.29) is 17.7 Å². The monoisotopic (exact) mass is 348 g/mol. The number of benzene rings is 2. The molecule has 134 valence electrons. The summed E-state index contributed by atoms with van der Waals surface area (Å²) in [5.74, 6) is 0.170. The number of carbonyl (C=O) groups excluding carboxylic acids is 2. The van der Waals surface area contributed by atoms with Crippen molar-refractivity contribution in [1.29, 1.82) is 0 Å². The summed E-state index contributed by atoms with van der Waals surface area (Å²) in [4.78, 5) is 26.7. The van der Waals surface area contributed by atoms with Gasteiger partial charge in [0.1, 0.15) is 0 Å². The zero-order chi connectivity index (χ0) is 18.1. The van der Waals surface area contributed by atoms with Crippen LogP contribution in [0, 0.1) is 0 Å². The standard InChI is InChI=1S/C22H24N2O2/c1-15(25)23-21-11-5-8-17-14-24(13-12-19(17)21)22(26)20-10-4-7-16-6-2-3-9-18(16)20/h2-3,5-6,8-9,11,20H,4,7,10,12-14H2,1H3,(H,23,25)/t20-/m0/s1. The molecule has 1 N–H and O–H groups in total. The molecule has 2 aliphatic rings. The van der Waals surface area contributed by atoms with E-state index >= 15 is 0 Å². The second-order valence-electron chi connectivity index (χ2n) is 7.28. The Morgan fingerprint density at radius 1 is 1.04 bits per heavy atom. The van der Waals surface area contributed by atoms with Crippen LogP contribution in [0.1, 0.15) is 47.9 Å². The van der Waals surface area contributed by atoms with E-state index in [9.17, 15) is 9.59 Å². The molecule has 0 fully saturated rings. The number of carbonyl (C=O) groups is 2. The Kier molecular flexibility index (Phi) is 4.49. The molecule has 0 aromatic heterocycles. The molecule has 2 amide bonds. The number of hydrogen-bond donors (Lipinski definition) is 1. The largest absolute Gasteiger partial charge is 0.337 e. The van der Waals surface area contributed by atoms with E-state index in [2.05, 4.69) is 29.6 Å². The summed E-state index contributed by atoms with van der Waals surface area (Å²) >= 11 is 0. The summed E-state index contributed by atoms with van der Waals surface area (Å²) in [5, 5.41) is 2.91. The predicted molar refractivity (Wildman–Crippen MR) is 102 cm³/mol. The quantitative estimate of drug-likeness (QED) is 0.901. The number of fused-ring (bicyclic) bond motifs is 2. The van der Waals surface area contributed by atoms with Gasteiger partial charge in [-0.2, -0.15) is 0 Å². The van der Waals surface area contributed by atoms with Crippen molar-refractivity contribution in [3.63, 3.8) is 0 Å². The highest BCUT2D eigenvalue weighted by molar-refractivity contribution is 5.90. The molecule has 0 unspecified atom stereocenters. The zero-order valence-corrected chi connectivity index (χ0v) is 15.1. The van der Waals surface area contributed by atoms with Crippen LogP contribution in [0.3, 0.4) is 0 Å². The lowest BCUT2D eigenvalue weighted by Gasteiger charge is -2.34. The number of rotatable bonds is 2. The van der Waals surface area contributed by atoms with Crippen LogP contribution in [0.4, 0.5) is 5.69 Å². The van der Waals surface area contributed by atoms with E-state index < -0.39 is 0 Å². The van der Waals surface area contributed by atoms with Gasteiger partial charge in [-0.3, -0.25) is 9.59 Å². The molecule has 1 atom stereocenters. The lowest BCUT2D eigenvalue weighted by Crippen LogP contribution is -2.40. The molecule has 4 nitrogen and oxygen atoms in total. The highest BCUT2D eigenvalue weighted by Gasteiger charge is 2.31. The van der Waals surface area contributed by atoms with Gasteiger partial charge < -0.3 is 10.2 Å². The third-order valence-electron chi connectivity index (χ3n) is 5.56. The minimum absolute atomic E-state index is 0.0139. The molecule has 2 aromatic rings. The first-order valence-electron chi connectivity index (χ1n) is 9.38. The van der Waals surface area contributed by atoms with Crippen LogP contribution in [-0.2, 0) is 29.0 Å². The van der Waals surface area contributed by atoms with Crippen molar-refractivity contribution < 1.29 is 9.59 Å². The first-order chi connectivity index (χ1) is 12.6. The maximum absolute atomic E-state index is 13.2. The van der Waals surface area contributed by atoms with E-state index in [1.54, 1.807) is 0 Å². The van der Waals surface area contributed by atoms with Crippen molar-refractivity contribution in [3.8, 4) is 0 Å². The fourth-order valence-electron chi connectivity index (χ4n) is 4.34. The number of nitrogens with one attached hydrogen (secondary N) is 1. The molecule has 0 saturated heterocycles. The molecule has 0 radical (unpaired) electrons. The Balaban J connectivity index is 1.56. The number of anilines is 1. The summed E-state index contributed by atoms with van der Waals surface area (Å²) < 4.78 is 0. The van der Waals surface area contributed by atoms with Crippen molar-refractivity contribution >= 4 is 17.5 Å². The van der Waals surface area contributed by atoms with Crippen LogP contribution >= 0.6 is 0 Å². The van der Waals surface area contributed by atoms with Gasteiger partial charge in [0.2, 0.25) is 11.8 Å². The van der Waals surface area contributed by atoms with Gasteiger partial charge in [-0.1, -0.05) is 36.4 Å². The van der Waals surface area contributed by atoms with Crippen LogP contribution in [0.15, 0.2) is 42.5 Å². The maximum Gasteiger partial charge on any atom is 0.230 e. The molecule has 1 aliphatic heterocycles. The SMILES string of the molecule is CC(=O)Nc1cccc2c1CCN(C(=O)[C@H]1CCCc3ccccc31)C2. The molecular formula is C22H24N2O2. The molecule has 2 aromatic carbocycles. The van der Waals surface area contributed by atoms with Crippen LogP contribution in [0.2, 0.25) is 0 Å². The molecular weight excluding hydrogens is 324 g/mol. The Bertz CT molecular complexity index is 859. The fraction of sp³-hybridized carbons (Fsp3) is 0.364. The average Bonchev–Trinajstić information content (AvgIpc) is 2.66. The lowest BCUT2D eigenvalue weighted by atomic mass is 9.81. The smallest absolute Gasteiger partial charge is 0.230 e. The van der Waals surface area contributed by atoms with Crippen molar-refractivity contribution in [2.75, 3.05) is 11.9 Å². The fourth-order valence-corrected chi connectivity index (χ4v) is 4.34. The van der Waals surface area contributed by atoms with E-state index in [0.29, 0.717) is 13.1 Å². The summed E-state index contributed by atoms with van der Waals surface area (Å²) in [6.45, 7) is 2.86. The topological polar surface area (TPSA) is 49.4 Å². The summed E-state index contributed by atoms with van der Waals surface area (Å²) in [6.07, 6.45) is 3.87. The number of aryl methyl sites for hydroxylation is 1. The first-order valence-corrected chi connectivity index (χ1v) is 9.38. The van der Waals surface area contributed by atoms with Crippen LogP contribution in [0.5, 0.6) is 0 Å². The highest BCUT2D eigenvalue weighted by Crippen LogP contribution is 2.35. The average molecular weight is 348 g/mol. The molecule has 0 bridgehead atoms. The van der Waals surface area contributed by atoms with Crippen molar-refractivity contribution in [3.05, 3.63) is 64.7 Å². The Labute approximate surface area is 154 Å². The lowest BCUT2D eigenvalue weighted by molar-refractivity contribution is -0.134. The number of hydrogen-bond acceptors (Lipinski definition) is 2. The minimum atomic E-state index is -0.0595. The normalized spacial score (nSPS) is 18.7. The van der Waals surface area contributed by atoms with E-state index in [4.69, 9.17) is 0 Å². The first kappa shape index (κ1) is 16.8.